The molecule has 0 aromatic rings. The minimum Gasteiger partial charge on any atom is -0.478 e. The highest BCUT2D eigenvalue weighted by atomic mass is 16.7. The van der Waals surface area contributed by atoms with Gasteiger partial charge in [0.25, 0.3) is 6.29 Å². The Bertz CT molecular complexity index is 699. The molecule has 2 N–H and O–H groups in total. The lowest BCUT2D eigenvalue weighted by Crippen LogP contribution is -2.25. The molecule has 0 heterocycles. The van der Waals surface area contributed by atoms with Crippen LogP contribution in [-0.4, -0.2) is 41.0 Å². The number of carbonyl (C=O) groups excluding carboxylic acids is 1. The van der Waals surface area contributed by atoms with Gasteiger partial charge in [-0.05, 0) is 58.6 Å². The van der Waals surface area contributed by atoms with Crippen molar-refractivity contribution in [2.45, 2.75) is 65.6 Å². The molecule has 0 saturated heterocycles. The quantitative estimate of drug-likeness (QED) is 0.289. The zero-order valence-electron chi connectivity index (χ0n) is 19.1. The van der Waals surface area contributed by atoms with Crippen molar-refractivity contribution in [3.05, 3.63) is 60.1 Å². The monoisotopic (exact) mass is 450 g/mol. The first-order valence-electron chi connectivity index (χ1n) is 10.3. The topological polar surface area (TPSA) is 119 Å². The van der Waals surface area contributed by atoms with Gasteiger partial charge in [0.2, 0.25) is 0 Å². The van der Waals surface area contributed by atoms with E-state index in [2.05, 4.69) is 31.9 Å². The van der Waals surface area contributed by atoms with Crippen LogP contribution in [0.2, 0.25) is 0 Å². The van der Waals surface area contributed by atoms with Crippen molar-refractivity contribution in [1.82, 2.24) is 0 Å². The number of hydrogen-bond acceptors (Lipinski definition) is 6. The second-order valence-corrected chi connectivity index (χ2v) is 7.34. The first-order chi connectivity index (χ1) is 14.9. The SMILES string of the molecule is C=C(C)C(=O)O.C=C(C)C(=O)O.C=C(C)C(=O)OCC(OC1=CCCC1)OC1=CCCC1. The van der Waals surface area contributed by atoms with Crippen LogP contribution < -0.4 is 0 Å². The first kappa shape index (κ1) is 28.7. The molecule has 0 aliphatic heterocycles. The summed E-state index contributed by atoms with van der Waals surface area (Å²) in [6.07, 6.45) is 9.71. The highest BCUT2D eigenvalue weighted by molar-refractivity contribution is 5.87. The van der Waals surface area contributed by atoms with Gasteiger partial charge >= 0.3 is 17.9 Å². The number of hydrogen-bond donors (Lipinski definition) is 2. The van der Waals surface area contributed by atoms with E-state index in [-0.39, 0.29) is 17.8 Å². The average molecular weight is 451 g/mol. The summed E-state index contributed by atoms with van der Waals surface area (Å²) in [7, 11) is 0. The van der Waals surface area contributed by atoms with E-state index in [0.717, 1.165) is 50.0 Å². The van der Waals surface area contributed by atoms with E-state index < -0.39 is 24.2 Å². The van der Waals surface area contributed by atoms with Crippen molar-refractivity contribution in [2.75, 3.05) is 6.61 Å². The summed E-state index contributed by atoms with van der Waals surface area (Å²) in [5.41, 5.74) is 0.730. The van der Waals surface area contributed by atoms with Gasteiger partial charge < -0.3 is 24.4 Å². The van der Waals surface area contributed by atoms with E-state index in [0.29, 0.717) is 5.57 Å². The summed E-state index contributed by atoms with van der Waals surface area (Å²) in [4.78, 5) is 30.7. The maximum atomic E-state index is 11.5. The zero-order chi connectivity index (χ0) is 24.7. The molecule has 0 saturated carbocycles. The maximum absolute atomic E-state index is 11.5. The Kier molecular flexibility index (Phi) is 13.9. The predicted molar refractivity (Wildman–Crippen MR) is 120 cm³/mol. The maximum Gasteiger partial charge on any atom is 0.333 e. The van der Waals surface area contributed by atoms with Crippen LogP contribution in [0.3, 0.4) is 0 Å². The molecule has 2 rings (SSSR count). The smallest absolute Gasteiger partial charge is 0.333 e. The Morgan fingerprint density at radius 1 is 0.844 bits per heavy atom. The normalized spacial score (nSPS) is 13.9. The molecule has 0 aromatic carbocycles. The summed E-state index contributed by atoms with van der Waals surface area (Å²) >= 11 is 0. The molecule has 0 radical (unpaired) electrons. The Hall–Kier alpha value is -3.29. The fourth-order valence-electron chi connectivity index (χ4n) is 2.19. The fourth-order valence-corrected chi connectivity index (χ4v) is 2.19. The summed E-state index contributed by atoms with van der Waals surface area (Å²) in [5.74, 6) is -0.423. The molecule has 32 heavy (non-hydrogen) atoms. The van der Waals surface area contributed by atoms with Crippen LogP contribution >= 0.6 is 0 Å². The number of rotatable bonds is 9. The van der Waals surface area contributed by atoms with E-state index >= 15 is 0 Å². The van der Waals surface area contributed by atoms with Gasteiger partial charge in [0, 0.05) is 29.6 Å². The Morgan fingerprint density at radius 2 is 1.22 bits per heavy atom. The molecule has 0 fully saturated rings. The molecule has 8 nitrogen and oxygen atoms in total. The molecule has 0 amide bonds. The second kappa shape index (κ2) is 15.5. The van der Waals surface area contributed by atoms with E-state index in [1.807, 2.05) is 0 Å². The van der Waals surface area contributed by atoms with Crippen LogP contribution in [0.1, 0.15) is 59.3 Å². The number of carboxylic acid groups (broad SMARTS) is 2. The second-order valence-electron chi connectivity index (χ2n) is 7.34. The van der Waals surface area contributed by atoms with Crippen LogP contribution in [0.5, 0.6) is 0 Å². The van der Waals surface area contributed by atoms with E-state index in [4.69, 9.17) is 24.4 Å². The molecule has 178 valence electrons. The summed E-state index contributed by atoms with van der Waals surface area (Å²) in [6.45, 7) is 14.5. The molecule has 0 bridgehead atoms. The third-order valence-corrected chi connectivity index (χ3v) is 3.99. The molecule has 2 aliphatic rings. The largest absolute Gasteiger partial charge is 0.478 e. The van der Waals surface area contributed by atoms with E-state index in [9.17, 15) is 14.4 Å². The van der Waals surface area contributed by atoms with Crippen molar-refractivity contribution < 1.29 is 38.8 Å². The first-order valence-corrected chi connectivity index (χ1v) is 10.3. The molecular weight excluding hydrogens is 416 g/mol. The van der Waals surface area contributed by atoms with Gasteiger partial charge in [-0.2, -0.15) is 0 Å². The standard InChI is InChI=1S/C16H22O4.2C4H6O2/c1-12(2)16(17)18-11-15(19-13-7-3-4-8-13)20-14-9-5-6-10-14;2*1-3(2)4(5)6/h7,9,15H,1,3-6,8,10-11H2,2H3;2*1H2,2H3,(H,5,6). The van der Waals surface area contributed by atoms with Gasteiger partial charge in [0.15, 0.2) is 6.61 Å². The highest BCUT2D eigenvalue weighted by Crippen LogP contribution is 2.25. The zero-order valence-corrected chi connectivity index (χ0v) is 19.1. The third kappa shape index (κ3) is 13.8. The molecule has 0 aromatic heterocycles. The summed E-state index contributed by atoms with van der Waals surface area (Å²) < 4.78 is 16.7. The Morgan fingerprint density at radius 3 is 1.47 bits per heavy atom. The molecule has 0 spiro atoms. The van der Waals surface area contributed by atoms with Gasteiger partial charge in [-0.3, -0.25) is 0 Å². The van der Waals surface area contributed by atoms with Gasteiger partial charge in [-0.15, -0.1) is 0 Å². The Balaban J connectivity index is 0.000000662. The number of carbonyl (C=O) groups is 3. The van der Waals surface area contributed by atoms with Gasteiger partial charge in [-0.25, -0.2) is 14.4 Å². The van der Waals surface area contributed by atoms with Crippen molar-refractivity contribution in [3.8, 4) is 0 Å². The van der Waals surface area contributed by atoms with Gasteiger partial charge in [0.1, 0.15) is 0 Å². The third-order valence-electron chi connectivity index (χ3n) is 3.99. The van der Waals surface area contributed by atoms with Crippen LogP contribution in [0.15, 0.2) is 60.1 Å². The lowest BCUT2D eigenvalue weighted by Gasteiger charge is -2.21. The molecule has 0 unspecified atom stereocenters. The fraction of sp³-hybridized carbons (Fsp3) is 0.458. The summed E-state index contributed by atoms with van der Waals surface area (Å²) in [5, 5.41) is 15.8. The van der Waals surface area contributed by atoms with Gasteiger partial charge in [0.05, 0.1) is 11.5 Å². The van der Waals surface area contributed by atoms with Crippen LogP contribution in [0, 0.1) is 0 Å². The number of allylic oxidation sites excluding steroid dienone is 4. The van der Waals surface area contributed by atoms with Crippen LogP contribution in [-0.2, 0) is 28.6 Å². The van der Waals surface area contributed by atoms with E-state index in [1.54, 1.807) is 6.92 Å². The van der Waals surface area contributed by atoms with E-state index in [1.165, 1.54) is 13.8 Å². The van der Waals surface area contributed by atoms with Crippen molar-refractivity contribution in [1.29, 1.82) is 0 Å². The number of esters is 1. The Labute approximate surface area is 189 Å². The predicted octanol–water partition coefficient (Wildman–Crippen LogP) is 4.89. The minimum atomic E-state index is -0.935. The molecule has 2 aliphatic carbocycles. The van der Waals surface area contributed by atoms with Crippen molar-refractivity contribution >= 4 is 17.9 Å². The van der Waals surface area contributed by atoms with Crippen molar-refractivity contribution in [2.24, 2.45) is 0 Å². The average Bonchev–Trinajstić information content (AvgIpc) is 3.40. The highest BCUT2D eigenvalue weighted by Gasteiger charge is 2.20. The van der Waals surface area contributed by atoms with Crippen LogP contribution in [0.25, 0.3) is 0 Å². The number of aliphatic carboxylic acids is 2. The molecule has 0 atom stereocenters. The summed E-state index contributed by atoms with van der Waals surface area (Å²) in [6, 6.07) is 0. The molecule has 8 heteroatoms. The van der Waals surface area contributed by atoms with Gasteiger partial charge in [-0.1, -0.05) is 19.7 Å². The molecular formula is C24H34O8. The number of carboxylic acids is 2. The lowest BCUT2D eigenvalue weighted by atomic mass is 10.3. The van der Waals surface area contributed by atoms with Crippen LogP contribution in [0.4, 0.5) is 0 Å². The minimum absolute atomic E-state index is 0.0837. The number of ether oxygens (including phenoxy) is 3. The lowest BCUT2D eigenvalue weighted by molar-refractivity contribution is -0.159. The van der Waals surface area contributed by atoms with Crippen molar-refractivity contribution in [3.63, 3.8) is 0 Å².